The maximum Gasteiger partial charge on any atom is 0.241 e. The molecule has 2 N–H and O–H groups in total. The summed E-state index contributed by atoms with van der Waals surface area (Å²) in [5, 5.41) is 6.25. The fourth-order valence-electron chi connectivity index (χ4n) is 2.70. The van der Waals surface area contributed by atoms with E-state index in [9.17, 15) is 4.79 Å². The summed E-state index contributed by atoms with van der Waals surface area (Å²) in [5.74, 6) is 0.755. The highest BCUT2D eigenvalue weighted by molar-refractivity contribution is 5.95. The lowest BCUT2D eigenvalue weighted by Crippen LogP contribution is -2.44. The number of rotatable bonds is 4. The number of hydrogen-bond acceptors (Lipinski definition) is 3. The largest absolute Gasteiger partial charge is 0.494 e. The van der Waals surface area contributed by atoms with Gasteiger partial charge < -0.3 is 15.4 Å². The van der Waals surface area contributed by atoms with Gasteiger partial charge in [0.05, 0.1) is 12.6 Å². The molecule has 0 bridgehead atoms. The third-order valence-corrected chi connectivity index (χ3v) is 3.81. The summed E-state index contributed by atoms with van der Waals surface area (Å²) >= 11 is 0. The topological polar surface area (TPSA) is 50.4 Å². The van der Waals surface area contributed by atoms with Gasteiger partial charge in [0.1, 0.15) is 5.75 Å². The Balaban J connectivity index is 1.67. The van der Waals surface area contributed by atoms with E-state index in [0.717, 1.165) is 18.0 Å². The van der Waals surface area contributed by atoms with Crippen molar-refractivity contribution in [3.05, 3.63) is 59.7 Å². The highest BCUT2D eigenvalue weighted by atomic mass is 16.5. The number of carbonyl (C=O) groups is 1. The van der Waals surface area contributed by atoms with E-state index in [1.807, 2.05) is 43.3 Å². The van der Waals surface area contributed by atoms with Crippen LogP contribution in [0.4, 0.5) is 5.69 Å². The first-order valence-electron chi connectivity index (χ1n) is 7.60. The minimum absolute atomic E-state index is 0.0110. The Morgan fingerprint density at radius 1 is 1.23 bits per heavy atom. The van der Waals surface area contributed by atoms with Gasteiger partial charge in [-0.25, -0.2) is 0 Å². The summed E-state index contributed by atoms with van der Waals surface area (Å²) < 4.78 is 5.45. The highest BCUT2D eigenvalue weighted by Crippen LogP contribution is 2.20. The number of nitrogens with one attached hydrogen (secondary N) is 2. The second-order valence-corrected chi connectivity index (χ2v) is 5.36. The second kappa shape index (κ2) is 6.62. The molecule has 1 unspecified atom stereocenters. The number of benzene rings is 2. The van der Waals surface area contributed by atoms with E-state index in [1.54, 1.807) is 0 Å². The summed E-state index contributed by atoms with van der Waals surface area (Å²) in [6.45, 7) is 3.28. The Kier molecular flexibility index (Phi) is 4.39. The highest BCUT2D eigenvalue weighted by Gasteiger charge is 2.23. The van der Waals surface area contributed by atoms with E-state index < -0.39 is 0 Å². The molecule has 114 valence electrons. The first-order chi connectivity index (χ1) is 10.8. The quantitative estimate of drug-likeness (QED) is 0.912. The lowest BCUT2D eigenvalue weighted by Gasteiger charge is -2.25. The van der Waals surface area contributed by atoms with Crippen molar-refractivity contribution in [2.75, 3.05) is 11.9 Å². The predicted molar refractivity (Wildman–Crippen MR) is 87.0 cm³/mol. The lowest BCUT2D eigenvalue weighted by atomic mass is 9.95. The summed E-state index contributed by atoms with van der Waals surface area (Å²) in [7, 11) is 0. The fourth-order valence-corrected chi connectivity index (χ4v) is 2.70. The number of carbonyl (C=O) groups excluding carboxylic acids is 1. The van der Waals surface area contributed by atoms with Crippen molar-refractivity contribution in [2.45, 2.75) is 25.9 Å². The number of amides is 1. The van der Waals surface area contributed by atoms with Crippen molar-refractivity contribution < 1.29 is 9.53 Å². The molecular weight excluding hydrogens is 276 g/mol. The number of ether oxygens (including phenoxy) is 1. The third kappa shape index (κ3) is 3.28. The third-order valence-electron chi connectivity index (χ3n) is 3.81. The number of anilines is 1. The van der Waals surface area contributed by atoms with Gasteiger partial charge in [-0.3, -0.25) is 4.79 Å². The predicted octanol–water partition coefficient (Wildman–Crippen LogP) is 2.74. The smallest absolute Gasteiger partial charge is 0.241 e. The van der Waals surface area contributed by atoms with Crippen LogP contribution in [0.15, 0.2) is 48.5 Å². The van der Waals surface area contributed by atoms with Gasteiger partial charge in [-0.05, 0) is 36.6 Å². The first kappa shape index (κ1) is 14.6. The molecule has 4 heteroatoms. The van der Waals surface area contributed by atoms with Gasteiger partial charge in [-0.1, -0.05) is 30.3 Å². The summed E-state index contributed by atoms with van der Waals surface area (Å²) in [6.07, 6.45) is 0.715. The van der Waals surface area contributed by atoms with Gasteiger partial charge in [0.25, 0.3) is 0 Å². The number of hydrogen-bond donors (Lipinski definition) is 2. The molecule has 2 aromatic rings. The van der Waals surface area contributed by atoms with Crippen molar-refractivity contribution in [1.29, 1.82) is 0 Å². The number of fused-ring (bicyclic) bond motifs is 1. The molecule has 4 nitrogen and oxygen atoms in total. The summed E-state index contributed by atoms with van der Waals surface area (Å²) in [6, 6.07) is 15.5. The van der Waals surface area contributed by atoms with Crippen LogP contribution in [0, 0.1) is 0 Å². The van der Waals surface area contributed by atoms with Gasteiger partial charge in [-0.15, -0.1) is 0 Å². The molecule has 0 aromatic heterocycles. The molecule has 22 heavy (non-hydrogen) atoms. The van der Waals surface area contributed by atoms with E-state index in [-0.39, 0.29) is 11.9 Å². The molecule has 0 radical (unpaired) electrons. The van der Waals surface area contributed by atoms with Crippen molar-refractivity contribution in [1.82, 2.24) is 5.32 Å². The van der Waals surface area contributed by atoms with Crippen molar-refractivity contribution >= 4 is 11.6 Å². The van der Waals surface area contributed by atoms with E-state index in [0.29, 0.717) is 13.0 Å². The van der Waals surface area contributed by atoms with Crippen LogP contribution < -0.4 is 15.4 Å². The summed E-state index contributed by atoms with van der Waals surface area (Å²) in [5.41, 5.74) is 3.27. The monoisotopic (exact) mass is 296 g/mol. The molecule has 0 fully saturated rings. The molecular formula is C18H20N2O2. The molecule has 1 amide bonds. The Hall–Kier alpha value is -2.33. The second-order valence-electron chi connectivity index (χ2n) is 5.36. The van der Waals surface area contributed by atoms with Crippen LogP contribution in [0.5, 0.6) is 5.75 Å². The van der Waals surface area contributed by atoms with Gasteiger partial charge in [0.15, 0.2) is 0 Å². The zero-order valence-electron chi connectivity index (χ0n) is 12.6. The van der Waals surface area contributed by atoms with Crippen LogP contribution in [0.1, 0.15) is 18.1 Å². The van der Waals surface area contributed by atoms with Crippen molar-refractivity contribution in [3.8, 4) is 5.75 Å². The molecule has 2 aromatic carbocycles. The average molecular weight is 296 g/mol. The zero-order valence-corrected chi connectivity index (χ0v) is 12.6. The standard InChI is InChI=1S/C18H20N2O2/c1-2-22-16-9-5-8-15(11-16)20-18(21)17-10-13-6-3-4-7-14(13)12-19-17/h3-9,11,17,19H,2,10,12H2,1H3,(H,20,21). The maximum atomic E-state index is 12.4. The van der Waals surface area contributed by atoms with Crippen LogP contribution in [-0.4, -0.2) is 18.6 Å². The minimum atomic E-state index is -0.203. The molecule has 1 atom stereocenters. The SMILES string of the molecule is CCOc1cccc(NC(=O)C2Cc3ccccc3CN2)c1. The van der Waals surface area contributed by atoms with E-state index >= 15 is 0 Å². The van der Waals surface area contributed by atoms with Crippen LogP contribution in [0.2, 0.25) is 0 Å². The van der Waals surface area contributed by atoms with E-state index in [2.05, 4.69) is 22.8 Å². The van der Waals surface area contributed by atoms with Gasteiger partial charge in [-0.2, -0.15) is 0 Å². The Labute approximate surface area is 130 Å². The minimum Gasteiger partial charge on any atom is -0.494 e. The van der Waals surface area contributed by atoms with Gasteiger partial charge in [0.2, 0.25) is 5.91 Å². The molecule has 0 saturated carbocycles. The van der Waals surface area contributed by atoms with E-state index in [1.165, 1.54) is 11.1 Å². The van der Waals surface area contributed by atoms with Crippen molar-refractivity contribution in [3.63, 3.8) is 0 Å². The Bertz CT molecular complexity index is 670. The molecule has 1 aliphatic rings. The van der Waals surface area contributed by atoms with Crippen LogP contribution in [-0.2, 0) is 17.8 Å². The molecule has 1 heterocycles. The zero-order chi connectivity index (χ0) is 15.4. The average Bonchev–Trinajstić information content (AvgIpc) is 2.55. The fraction of sp³-hybridized carbons (Fsp3) is 0.278. The van der Waals surface area contributed by atoms with Crippen molar-refractivity contribution in [2.24, 2.45) is 0 Å². The maximum absolute atomic E-state index is 12.4. The van der Waals surface area contributed by atoms with Crippen LogP contribution >= 0.6 is 0 Å². The normalized spacial score (nSPS) is 16.7. The molecule has 3 rings (SSSR count). The Morgan fingerprint density at radius 2 is 2.05 bits per heavy atom. The van der Waals surface area contributed by atoms with E-state index in [4.69, 9.17) is 4.74 Å². The van der Waals surface area contributed by atoms with Crippen LogP contribution in [0.25, 0.3) is 0 Å². The molecule has 0 aliphatic carbocycles. The molecule has 1 aliphatic heterocycles. The lowest BCUT2D eigenvalue weighted by molar-refractivity contribution is -0.118. The molecule has 0 saturated heterocycles. The van der Waals surface area contributed by atoms with Gasteiger partial charge >= 0.3 is 0 Å². The van der Waals surface area contributed by atoms with Crippen LogP contribution in [0.3, 0.4) is 0 Å². The first-order valence-corrected chi connectivity index (χ1v) is 7.60. The molecule has 0 spiro atoms. The Morgan fingerprint density at radius 3 is 2.86 bits per heavy atom. The van der Waals surface area contributed by atoms with Gasteiger partial charge in [0, 0.05) is 18.3 Å². The summed E-state index contributed by atoms with van der Waals surface area (Å²) in [4.78, 5) is 12.4.